The van der Waals surface area contributed by atoms with Crippen molar-refractivity contribution >= 4 is 5.82 Å². The highest BCUT2D eigenvalue weighted by Gasteiger charge is 2.38. The second-order valence-electron chi connectivity index (χ2n) is 6.30. The van der Waals surface area contributed by atoms with Crippen molar-refractivity contribution in [3.8, 4) is 0 Å². The lowest BCUT2D eigenvalue weighted by atomic mass is 9.83. The van der Waals surface area contributed by atoms with Gasteiger partial charge in [-0.25, -0.2) is 15.8 Å². The molecule has 0 aliphatic heterocycles. The molecule has 0 spiro atoms. The predicted octanol–water partition coefficient (Wildman–Crippen LogP) is 3.16. The van der Waals surface area contributed by atoms with Crippen molar-refractivity contribution < 1.29 is 4.74 Å². The number of anilines is 1. The molecule has 1 aromatic rings. The molecule has 1 saturated carbocycles. The van der Waals surface area contributed by atoms with Crippen molar-refractivity contribution in [3.05, 3.63) is 17.6 Å². The molecule has 0 atom stereocenters. The summed E-state index contributed by atoms with van der Waals surface area (Å²) in [7, 11) is 0. The van der Waals surface area contributed by atoms with Crippen molar-refractivity contribution in [1.29, 1.82) is 0 Å². The molecule has 21 heavy (non-hydrogen) atoms. The molecule has 0 radical (unpaired) electrons. The third-order valence-electron chi connectivity index (χ3n) is 4.03. The van der Waals surface area contributed by atoms with Crippen LogP contribution in [0.15, 0.2) is 6.07 Å². The fourth-order valence-electron chi connectivity index (χ4n) is 3.13. The minimum absolute atomic E-state index is 0.328. The van der Waals surface area contributed by atoms with Crippen LogP contribution in [-0.4, -0.2) is 16.6 Å². The van der Waals surface area contributed by atoms with Gasteiger partial charge in [0.05, 0.1) is 0 Å². The number of nitrogens with zero attached hydrogens (tertiary/aromatic N) is 2. The maximum Gasteiger partial charge on any atom is 0.162 e. The first kappa shape index (κ1) is 16.2. The molecule has 5 nitrogen and oxygen atoms in total. The lowest BCUT2D eigenvalue weighted by Crippen LogP contribution is -2.35. The number of ether oxygens (including phenoxy) is 1. The van der Waals surface area contributed by atoms with Crippen LogP contribution < -0.4 is 11.3 Å². The fourth-order valence-corrected chi connectivity index (χ4v) is 3.13. The first-order valence-electron chi connectivity index (χ1n) is 8.08. The van der Waals surface area contributed by atoms with Crippen molar-refractivity contribution in [2.45, 2.75) is 64.9 Å². The molecule has 1 aliphatic carbocycles. The Hall–Kier alpha value is -1.20. The highest BCUT2D eigenvalue weighted by atomic mass is 16.5. The number of nitrogens with two attached hydrogens (primary N) is 1. The molecule has 0 aromatic carbocycles. The molecule has 0 amide bonds. The summed E-state index contributed by atoms with van der Waals surface area (Å²) in [6.07, 6.45) is 6.52. The number of nitrogens with one attached hydrogen (secondary N) is 1. The minimum Gasteiger partial charge on any atom is -0.367 e. The first-order valence-corrected chi connectivity index (χ1v) is 8.08. The van der Waals surface area contributed by atoms with Gasteiger partial charge in [0.1, 0.15) is 11.4 Å². The Morgan fingerprint density at radius 2 is 2.00 bits per heavy atom. The lowest BCUT2D eigenvalue weighted by Gasteiger charge is -2.35. The molecule has 3 N–H and O–H groups in total. The minimum atomic E-state index is -0.328. The summed E-state index contributed by atoms with van der Waals surface area (Å²) >= 11 is 0. The summed E-state index contributed by atoms with van der Waals surface area (Å²) in [6, 6.07) is 1.94. The second kappa shape index (κ2) is 7.18. The number of rotatable bonds is 6. The molecule has 0 bridgehead atoms. The zero-order valence-electron chi connectivity index (χ0n) is 13.5. The average molecular weight is 292 g/mol. The topological polar surface area (TPSA) is 73.1 Å². The quantitative estimate of drug-likeness (QED) is 0.622. The van der Waals surface area contributed by atoms with Gasteiger partial charge in [-0.15, -0.1) is 0 Å². The second-order valence-corrected chi connectivity index (χ2v) is 6.30. The van der Waals surface area contributed by atoms with Gasteiger partial charge in [0.15, 0.2) is 5.82 Å². The molecule has 118 valence electrons. The van der Waals surface area contributed by atoms with Crippen molar-refractivity contribution in [2.75, 3.05) is 12.0 Å². The van der Waals surface area contributed by atoms with Crippen LogP contribution in [0.4, 0.5) is 5.82 Å². The first-order chi connectivity index (χ1) is 10.1. The normalized spacial score (nSPS) is 18.0. The monoisotopic (exact) mass is 292 g/mol. The number of hydrogen-bond acceptors (Lipinski definition) is 5. The molecule has 1 fully saturated rings. The Bertz CT molecular complexity index is 450. The third kappa shape index (κ3) is 3.92. The number of nitrogen functional groups attached to an aromatic ring is 1. The number of hydrazine groups is 1. The summed E-state index contributed by atoms with van der Waals surface area (Å²) in [6.45, 7) is 7.10. The van der Waals surface area contributed by atoms with Gasteiger partial charge < -0.3 is 10.2 Å². The van der Waals surface area contributed by atoms with Gasteiger partial charge in [-0.3, -0.25) is 0 Å². The van der Waals surface area contributed by atoms with E-state index in [-0.39, 0.29) is 5.60 Å². The summed E-state index contributed by atoms with van der Waals surface area (Å²) in [5.74, 6) is 7.61. The maximum atomic E-state index is 6.12. The van der Waals surface area contributed by atoms with Gasteiger partial charge in [0.25, 0.3) is 0 Å². The van der Waals surface area contributed by atoms with E-state index >= 15 is 0 Å². The zero-order chi connectivity index (χ0) is 15.3. The Balaban J connectivity index is 2.38. The van der Waals surface area contributed by atoms with E-state index in [0.29, 0.717) is 18.3 Å². The van der Waals surface area contributed by atoms with Gasteiger partial charge in [-0.2, -0.15) is 0 Å². The van der Waals surface area contributed by atoms with E-state index in [2.05, 4.69) is 24.3 Å². The third-order valence-corrected chi connectivity index (χ3v) is 4.03. The van der Waals surface area contributed by atoms with E-state index in [4.69, 9.17) is 15.6 Å². The van der Waals surface area contributed by atoms with Gasteiger partial charge in [0, 0.05) is 18.4 Å². The highest BCUT2D eigenvalue weighted by molar-refractivity contribution is 5.35. The molecule has 1 aromatic heterocycles. The average Bonchev–Trinajstić information content (AvgIpc) is 2.47. The van der Waals surface area contributed by atoms with E-state index < -0.39 is 0 Å². The van der Waals surface area contributed by atoms with E-state index in [9.17, 15) is 0 Å². The summed E-state index contributed by atoms with van der Waals surface area (Å²) in [4.78, 5) is 9.41. The van der Waals surface area contributed by atoms with Crippen LogP contribution in [0.1, 0.15) is 64.4 Å². The van der Waals surface area contributed by atoms with Crippen molar-refractivity contribution in [2.24, 2.45) is 11.8 Å². The Morgan fingerprint density at radius 3 is 2.57 bits per heavy atom. The summed E-state index contributed by atoms with van der Waals surface area (Å²) in [5, 5.41) is 0. The van der Waals surface area contributed by atoms with E-state index in [0.717, 1.165) is 30.8 Å². The molecule has 0 unspecified atom stereocenters. The lowest BCUT2D eigenvalue weighted by molar-refractivity contribution is -0.0767. The van der Waals surface area contributed by atoms with E-state index in [1.54, 1.807) is 0 Å². The zero-order valence-corrected chi connectivity index (χ0v) is 13.5. The molecule has 5 heteroatoms. The number of aromatic nitrogens is 2. The Labute approximate surface area is 127 Å². The van der Waals surface area contributed by atoms with Crippen LogP contribution in [0.25, 0.3) is 0 Å². The van der Waals surface area contributed by atoms with Crippen molar-refractivity contribution in [1.82, 2.24) is 9.97 Å². The van der Waals surface area contributed by atoms with Crippen LogP contribution in [-0.2, 0) is 16.8 Å². The SMILES string of the molecule is CCOC1(c2nc(CC(C)C)cc(NN)n2)CCCCC1. The predicted molar refractivity (Wildman–Crippen MR) is 84.8 cm³/mol. The maximum absolute atomic E-state index is 6.12. The van der Waals surface area contributed by atoms with Crippen LogP contribution in [0.2, 0.25) is 0 Å². The largest absolute Gasteiger partial charge is 0.367 e. The molecule has 1 heterocycles. The Morgan fingerprint density at radius 1 is 1.29 bits per heavy atom. The van der Waals surface area contributed by atoms with E-state index in [1.165, 1.54) is 19.3 Å². The number of hydrogen-bond donors (Lipinski definition) is 2. The summed E-state index contributed by atoms with van der Waals surface area (Å²) < 4.78 is 6.12. The fraction of sp³-hybridized carbons (Fsp3) is 0.750. The van der Waals surface area contributed by atoms with Crippen LogP contribution >= 0.6 is 0 Å². The van der Waals surface area contributed by atoms with Crippen LogP contribution in [0, 0.1) is 5.92 Å². The smallest absolute Gasteiger partial charge is 0.162 e. The van der Waals surface area contributed by atoms with Crippen molar-refractivity contribution in [3.63, 3.8) is 0 Å². The van der Waals surface area contributed by atoms with Gasteiger partial charge in [-0.1, -0.05) is 33.1 Å². The molecule has 2 rings (SSSR count). The molecule has 1 aliphatic rings. The summed E-state index contributed by atoms with van der Waals surface area (Å²) in [5.41, 5.74) is 3.38. The van der Waals surface area contributed by atoms with Crippen LogP contribution in [0.3, 0.4) is 0 Å². The van der Waals surface area contributed by atoms with Crippen LogP contribution in [0.5, 0.6) is 0 Å². The Kier molecular flexibility index (Phi) is 5.53. The van der Waals surface area contributed by atoms with Gasteiger partial charge in [-0.05, 0) is 32.1 Å². The standard InChI is InChI=1S/C16H28N4O/c1-4-21-16(8-6-5-7-9-16)15-18-13(10-12(2)3)11-14(19-15)20-17/h11-12H,4-10,17H2,1-3H3,(H,18,19,20). The van der Waals surface area contributed by atoms with Gasteiger partial charge >= 0.3 is 0 Å². The molecular formula is C16H28N4O. The molecular weight excluding hydrogens is 264 g/mol. The van der Waals surface area contributed by atoms with E-state index in [1.807, 2.05) is 13.0 Å². The highest BCUT2D eigenvalue weighted by Crippen LogP contribution is 2.39. The molecule has 0 saturated heterocycles. The van der Waals surface area contributed by atoms with Gasteiger partial charge in [0.2, 0.25) is 0 Å².